The van der Waals surface area contributed by atoms with Crippen molar-refractivity contribution in [2.24, 2.45) is 0 Å². The van der Waals surface area contributed by atoms with Gasteiger partial charge in [0.05, 0.1) is 0 Å². The van der Waals surface area contributed by atoms with Gasteiger partial charge < -0.3 is 0 Å². The third-order valence-electron chi connectivity index (χ3n) is 1.27. The molecule has 0 spiro atoms. The Morgan fingerprint density at radius 1 is 1.33 bits per heavy atom. The molecular formula is C7H3BrF3I. The summed E-state index contributed by atoms with van der Waals surface area (Å²) in [5, 5.41) is 0. The van der Waals surface area contributed by atoms with Gasteiger partial charge in [-0.3, -0.25) is 0 Å². The molecule has 0 heterocycles. The van der Waals surface area contributed by atoms with Gasteiger partial charge in [-0.05, 0) is 34.7 Å². The normalized spacial score (nSPS) is 10.8. The highest BCUT2D eigenvalue weighted by Crippen LogP contribution is 2.29. The van der Waals surface area contributed by atoms with Gasteiger partial charge in [0, 0.05) is 13.6 Å². The summed E-state index contributed by atoms with van der Waals surface area (Å²) in [5.41, 5.74) is -0.312. The Morgan fingerprint density at radius 3 is 2.42 bits per heavy atom. The van der Waals surface area contributed by atoms with Crippen LogP contribution in [0.15, 0.2) is 16.6 Å². The maximum atomic E-state index is 12.8. The van der Waals surface area contributed by atoms with Gasteiger partial charge in [-0.1, -0.05) is 15.9 Å². The fourth-order valence-electron chi connectivity index (χ4n) is 0.705. The van der Waals surface area contributed by atoms with Gasteiger partial charge >= 0.3 is 0 Å². The molecule has 66 valence electrons. The zero-order valence-corrected chi connectivity index (χ0v) is 9.37. The van der Waals surface area contributed by atoms with E-state index in [9.17, 15) is 13.2 Å². The second-order valence-electron chi connectivity index (χ2n) is 2.09. The second kappa shape index (κ2) is 3.95. The van der Waals surface area contributed by atoms with E-state index < -0.39 is 12.2 Å². The van der Waals surface area contributed by atoms with Crippen LogP contribution in [0.25, 0.3) is 0 Å². The molecule has 1 rings (SSSR count). The van der Waals surface area contributed by atoms with Gasteiger partial charge in [-0.2, -0.15) is 0 Å². The summed E-state index contributed by atoms with van der Waals surface area (Å²) in [6.07, 6.45) is -2.65. The Morgan fingerprint density at radius 2 is 1.92 bits per heavy atom. The van der Waals surface area contributed by atoms with Crippen LogP contribution in [0.2, 0.25) is 0 Å². The Kier molecular flexibility index (Phi) is 3.39. The van der Waals surface area contributed by atoms with Gasteiger partial charge in [-0.15, -0.1) is 0 Å². The van der Waals surface area contributed by atoms with E-state index in [2.05, 4.69) is 15.9 Å². The Balaban J connectivity index is 3.23. The lowest BCUT2D eigenvalue weighted by atomic mass is 10.2. The van der Waals surface area contributed by atoms with E-state index in [-0.39, 0.29) is 10.0 Å². The minimum Gasteiger partial charge on any atom is -0.206 e. The number of hydrogen-bond donors (Lipinski definition) is 0. The maximum Gasteiger partial charge on any atom is 0.265 e. The first-order chi connectivity index (χ1) is 5.52. The largest absolute Gasteiger partial charge is 0.265 e. The predicted molar refractivity (Wildman–Crippen MR) is 51.8 cm³/mol. The van der Waals surface area contributed by atoms with Crippen molar-refractivity contribution in [1.82, 2.24) is 0 Å². The van der Waals surface area contributed by atoms with Crippen LogP contribution in [0.1, 0.15) is 12.0 Å². The van der Waals surface area contributed by atoms with Crippen LogP contribution in [0.5, 0.6) is 0 Å². The first-order valence-electron chi connectivity index (χ1n) is 2.95. The molecule has 0 amide bonds. The molecule has 0 atom stereocenters. The minimum absolute atomic E-state index is 0.239. The summed E-state index contributed by atoms with van der Waals surface area (Å²) in [6, 6.07) is 2.17. The molecule has 1 aromatic carbocycles. The molecule has 0 aromatic heterocycles. The highest BCUT2D eigenvalue weighted by Gasteiger charge is 2.14. The fraction of sp³-hybridized carbons (Fsp3) is 0.143. The number of hydrogen-bond acceptors (Lipinski definition) is 0. The number of benzene rings is 1. The standard InChI is InChI=1S/C7H3BrF3I/c8-4-2-6(12)5(9)1-3(4)7(10)11/h1-2,7H. The van der Waals surface area contributed by atoms with Crippen molar-refractivity contribution in [3.63, 3.8) is 0 Å². The highest BCUT2D eigenvalue weighted by atomic mass is 127. The van der Waals surface area contributed by atoms with E-state index >= 15 is 0 Å². The first kappa shape index (κ1) is 10.3. The SMILES string of the molecule is Fc1cc(C(F)F)c(Br)cc1I. The lowest BCUT2D eigenvalue weighted by Crippen LogP contribution is -1.90. The van der Waals surface area contributed by atoms with E-state index in [4.69, 9.17) is 0 Å². The Labute approximate surface area is 89.4 Å². The van der Waals surface area contributed by atoms with Crippen LogP contribution in [-0.4, -0.2) is 0 Å². The fourth-order valence-corrected chi connectivity index (χ4v) is 2.12. The zero-order chi connectivity index (χ0) is 9.30. The number of halogens is 5. The summed E-state index contributed by atoms with van der Waals surface area (Å²) in [6.45, 7) is 0. The summed E-state index contributed by atoms with van der Waals surface area (Å²) in [4.78, 5) is 0. The van der Waals surface area contributed by atoms with Crippen LogP contribution >= 0.6 is 38.5 Å². The molecule has 0 aliphatic heterocycles. The third-order valence-corrected chi connectivity index (χ3v) is 2.79. The summed E-state index contributed by atoms with van der Waals surface area (Å²) >= 11 is 4.67. The third kappa shape index (κ3) is 2.12. The molecule has 12 heavy (non-hydrogen) atoms. The average Bonchev–Trinajstić information content (AvgIpc) is 1.96. The van der Waals surface area contributed by atoms with Crippen molar-refractivity contribution in [2.45, 2.75) is 6.43 Å². The molecule has 0 bridgehead atoms. The first-order valence-corrected chi connectivity index (χ1v) is 4.82. The zero-order valence-electron chi connectivity index (χ0n) is 5.62. The Bertz CT molecular complexity index is 301. The van der Waals surface area contributed by atoms with Crippen LogP contribution < -0.4 is 0 Å². The minimum atomic E-state index is -2.65. The van der Waals surface area contributed by atoms with Crippen molar-refractivity contribution in [2.75, 3.05) is 0 Å². The van der Waals surface area contributed by atoms with E-state index in [1.54, 1.807) is 22.6 Å². The van der Waals surface area contributed by atoms with Crippen molar-refractivity contribution in [3.05, 3.63) is 31.6 Å². The van der Waals surface area contributed by atoms with E-state index in [1.165, 1.54) is 6.07 Å². The predicted octanol–water partition coefficient (Wildman–Crippen LogP) is 4.13. The molecule has 1 aromatic rings. The van der Waals surface area contributed by atoms with Crippen LogP contribution in [0.4, 0.5) is 13.2 Å². The molecule has 0 N–H and O–H groups in total. The van der Waals surface area contributed by atoms with Crippen molar-refractivity contribution in [3.8, 4) is 0 Å². The summed E-state index contributed by atoms with van der Waals surface area (Å²) in [7, 11) is 0. The van der Waals surface area contributed by atoms with Gasteiger partial charge in [0.2, 0.25) is 0 Å². The van der Waals surface area contributed by atoms with Crippen molar-refractivity contribution >= 4 is 38.5 Å². The molecule has 0 saturated carbocycles. The molecule has 0 fully saturated rings. The van der Waals surface area contributed by atoms with E-state index in [0.29, 0.717) is 3.57 Å². The van der Waals surface area contributed by atoms with E-state index in [1.807, 2.05) is 0 Å². The lowest BCUT2D eigenvalue weighted by molar-refractivity contribution is 0.150. The highest BCUT2D eigenvalue weighted by molar-refractivity contribution is 14.1. The quantitative estimate of drug-likeness (QED) is 0.527. The second-order valence-corrected chi connectivity index (χ2v) is 4.11. The summed E-state index contributed by atoms with van der Waals surface area (Å²) < 4.78 is 37.6. The smallest absolute Gasteiger partial charge is 0.206 e. The lowest BCUT2D eigenvalue weighted by Gasteiger charge is -2.03. The molecule has 0 radical (unpaired) electrons. The Hall–Kier alpha value is 0.220. The van der Waals surface area contributed by atoms with E-state index in [0.717, 1.165) is 6.07 Å². The molecule has 5 heteroatoms. The molecular weight excluding hydrogens is 348 g/mol. The van der Waals surface area contributed by atoms with Gasteiger partial charge in [0.25, 0.3) is 6.43 Å². The van der Waals surface area contributed by atoms with Gasteiger partial charge in [0.1, 0.15) is 5.82 Å². The van der Waals surface area contributed by atoms with Crippen LogP contribution in [0.3, 0.4) is 0 Å². The van der Waals surface area contributed by atoms with Gasteiger partial charge in [0.15, 0.2) is 0 Å². The maximum absolute atomic E-state index is 12.8. The van der Waals surface area contributed by atoms with Crippen LogP contribution in [0, 0.1) is 9.39 Å². The molecule has 0 aliphatic carbocycles. The van der Waals surface area contributed by atoms with Crippen molar-refractivity contribution in [1.29, 1.82) is 0 Å². The molecule has 0 saturated heterocycles. The molecule has 0 aliphatic rings. The molecule has 0 nitrogen and oxygen atoms in total. The monoisotopic (exact) mass is 350 g/mol. The number of rotatable bonds is 1. The van der Waals surface area contributed by atoms with Gasteiger partial charge in [-0.25, -0.2) is 13.2 Å². The van der Waals surface area contributed by atoms with Crippen molar-refractivity contribution < 1.29 is 13.2 Å². The topological polar surface area (TPSA) is 0 Å². The average molecular weight is 351 g/mol. The summed E-state index contributed by atoms with van der Waals surface area (Å²) in [5.74, 6) is -0.617. The number of alkyl halides is 2. The molecule has 0 unspecified atom stereocenters. The van der Waals surface area contributed by atoms with Crippen LogP contribution in [-0.2, 0) is 0 Å².